The number of aryl methyl sites for hydroxylation is 1. The molecule has 4 rings (SSSR count). The highest BCUT2D eigenvalue weighted by Crippen LogP contribution is 2.25. The van der Waals surface area contributed by atoms with Crippen LogP contribution in [0.2, 0.25) is 0 Å². The first kappa shape index (κ1) is 23.8. The molecule has 34 heavy (non-hydrogen) atoms. The number of benzene rings is 3. The number of ether oxygens (including phenoxy) is 1. The molecule has 9 heteroatoms. The third-order valence-electron chi connectivity index (χ3n) is 5.08. The molecule has 0 unspecified atom stereocenters. The van der Waals surface area contributed by atoms with Crippen LogP contribution in [0.5, 0.6) is 5.75 Å². The number of hydrazone groups is 1. The van der Waals surface area contributed by atoms with Crippen molar-refractivity contribution in [2.24, 2.45) is 5.10 Å². The van der Waals surface area contributed by atoms with Gasteiger partial charge in [0.05, 0.1) is 16.8 Å². The highest BCUT2D eigenvalue weighted by molar-refractivity contribution is 8.00. The van der Waals surface area contributed by atoms with E-state index in [-0.39, 0.29) is 11.0 Å². The molecule has 3 aromatic rings. The topological polar surface area (TPSA) is 88.1 Å². The van der Waals surface area contributed by atoms with Gasteiger partial charge in [0.2, 0.25) is 0 Å². The molecule has 3 aromatic carbocycles. The number of nitrogens with zero attached hydrogens (tertiary/aromatic N) is 2. The number of carbonyl (C=O) groups is 1. The predicted octanol–water partition coefficient (Wildman–Crippen LogP) is 3.83. The summed E-state index contributed by atoms with van der Waals surface area (Å²) in [5.74, 6) is 2.16. The molecule has 1 saturated heterocycles. The van der Waals surface area contributed by atoms with Gasteiger partial charge < -0.3 is 4.74 Å². The van der Waals surface area contributed by atoms with E-state index in [0.29, 0.717) is 5.69 Å². The molecule has 1 heterocycles. The summed E-state index contributed by atoms with van der Waals surface area (Å²) in [7, 11) is -3.96. The highest BCUT2D eigenvalue weighted by Gasteiger charge is 2.27. The third-order valence-corrected chi connectivity index (χ3v) is 8.08. The van der Waals surface area contributed by atoms with Gasteiger partial charge in [0.25, 0.3) is 15.9 Å². The quantitative estimate of drug-likeness (QED) is 0.360. The van der Waals surface area contributed by atoms with Crippen LogP contribution < -0.4 is 14.5 Å². The van der Waals surface area contributed by atoms with Crippen LogP contribution in [0.25, 0.3) is 0 Å². The van der Waals surface area contributed by atoms with E-state index in [9.17, 15) is 13.2 Å². The van der Waals surface area contributed by atoms with E-state index in [1.54, 1.807) is 36.4 Å². The van der Waals surface area contributed by atoms with Crippen LogP contribution in [-0.4, -0.2) is 44.7 Å². The van der Waals surface area contributed by atoms with Crippen molar-refractivity contribution in [2.75, 3.05) is 22.4 Å². The number of sulfonamides is 1. The molecular formula is C25H25N3O4S2. The Labute approximate surface area is 203 Å². The van der Waals surface area contributed by atoms with Gasteiger partial charge in [-0.3, -0.25) is 9.10 Å². The fraction of sp³-hybridized carbons (Fsp3) is 0.200. The van der Waals surface area contributed by atoms with E-state index in [0.717, 1.165) is 32.7 Å². The second-order valence-electron chi connectivity index (χ2n) is 7.81. The Hall–Kier alpha value is -3.30. The highest BCUT2D eigenvalue weighted by atomic mass is 32.2. The van der Waals surface area contributed by atoms with Crippen molar-refractivity contribution in [1.82, 2.24) is 5.43 Å². The molecule has 0 spiro atoms. The Morgan fingerprint density at radius 1 is 1.09 bits per heavy atom. The van der Waals surface area contributed by atoms with Crippen molar-refractivity contribution in [3.63, 3.8) is 0 Å². The standard InChI is InChI=1S/C25H25N3O4S2/c1-19-7-5-9-21(13-19)28(34(30,31)24-11-3-2-4-12-24)16-25(29)27-26-15-20-8-6-10-22(14-20)32-23-17-33-18-23/h2-15,23H,16-18H2,1H3,(H,27,29)/b26-15-. The van der Waals surface area contributed by atoms with Crippen LogP contribution in [0.3, 0.4) is 0 Å². The van der Waals surface area contributed by atoms with Gasteiger partial charge in [0.1, 0.15) is 18.4 Å². The normalized spacial score (nSPS) is 13.9. The second kappa shape index (κ2) is 10.8. The van der Waals surface area contributed by atoms with Crippen molar-refractivity contribution in [3.8, 4) is 5.75 Å². The minimum absolute atomic E-state index is 0.106. The smallest absolute Gasteiger partial charge is 0.264 e. The van der Waals surface area contributed by atoms with Crippen LogP contribution in [0.4, 0.5) is 5.69 Å². The molecule has 0 saturated carbocycles. The summed E-state index contributed by atoms with van der Waals surface area (Å²) in [6.45, 7) is 1.45. The molecular weight excluding hydrogens is 470 g/mol. The van der Waals surface area contributed by atoms with Crippen LogP contribution in [0.1, 0.15) is 11.1 Å². The Bertz CT molecular complexity index is 1280. The van der Waals surface area contributed by atoms with E-state index in [1.807, 2.05) is 49.0 Å². The molecule has 0 aliphatic carbocycles. The van der Waals surface area contributed by atoms with Crippen LogP contribution in [0.15, 0.2) is 88.9 Å². The first-order chi connectivity index (χ1) is 16.4. The number of carbonyl (C=O) groups excluding carboxylic acids is 1. The molecule has 1 fully saturated rings. The van der Waals surface area contributed by atoms with Crippen molar-refractivity contribution in [2.45, 2.75) is 17.9 Å². The molecule has 0 radical (unpaired) electrons. The summed E-state index contributed by atoms with van der Waals surface area (Å²) in [5.41, 5.74) is 4.48. The van der Waals surface area contributed by atoms with Crippen LogP contribution in [0, 0.1) is 6.92 Å². The Kier molecular flexibility index (Phi) is 7.54. The Morgan fingerprint density at radius 2 is 1.85 bits per heavy atom. The molecule has 0 aromatic heterocycles. The van der Waals surface area contributed by atoms with Gasteiger partial charge >= 0.3 is 0 Å². The molecule has 1 aliphatic rings. The van der Waals surface area contributed by atoms with Gasteiger partial charge in [-0.25, -0.2) is 13.8 Å². The van der Waals surface area contributed by atoms with Crippen LogP contribution >= 0.6 is 11.8 Å². The molecule has 1 amide bonds. The lowest BCUT2D eigenvalue weighted by atomic mass is 10.2. The molecule has 1 N–H and O–H groups in total. The summed E-state index contributed by atoms with van der Waals surface area (Å²) < 4.78 is 33.6. The van der Waals surface area contributed by atoms with Gasteiger partial charge in [-0.05, 0) is 54.4 Å². The van der Waals surface area contributed by atoms with Crippen molar-refractivity contribution in [3.05, 3.63) is 90.0 Å². The largest absolute Gasteiger partial charge is 0.489 e. The molecule has 0 bridgehead atoms. The molecule has 7 nitrogen and oxygen atoms in total. The minimum Gasteiger partial charge on any atom is -0.489 e. The van der Waals surface area contributed by atoms with Gasteiger partial charge in [-0.15, -0.1) is 0 Å². The van der Waals surface area contributed by atoms with E-state index in [4.69, 9.17) is 4.74 Å². The first-order valence-electron chi connectivity index (χ1n) is 10.7. The lowest BCUT2D eigenvalue weighted by Gasteiger charge is -2.25. The van der Waals surface area contributed by atoms with Crippen molar-refractivity contribution in [1.29, 1.82) is 0 Å². The number of hydrogen-bond donors (Lipinski definition) is 1. The van der Waals surface area contributed by atoms with Crippen LogP contribution in [-0.2, 0) is 14.8 Å². The van der Waals surface area contributed by atoms with Gasteiger partial charge in [0, 0.05) is 11.5 Å². The maximum atomic E-state index is 13.3. The summed E-state index contributed by atoms with van der Waals surface area (Å²) >= 11 is 1.84. The molecule has 176 valence electrons. The fourth-order valence-electron chi connectivity index (χ4n) is 3.31. The number of anilines is 1. The zero-order chi connectivity index (χ0) is 24.0. The SMILES string of the molecule is Cc1cccc(N(CC(=O)N/N=C\c2cccc(OC3CSC3)c2)S(=O)(=O)c2ccccc2)c1. The van der Waals surface area contributed by atoms with Gasteiger partial charge in [-0.2, -0.15) is 16.9 Å². The predicted molar refractivity (Wildman–Crippen MR) is 136 cm³/mol. The molecule has 0 atom stereocenters. The van der Waals surface area contributed by atoms with Gasteiger partial charge in [0.15, 0.2) is 0 Å². The lowest BCUT2D eigenvalue weighted by Crippen LogP contribution is -2.39. The maximum Gasteiger partial charge on any atom is 0.264 e. The number of nitrogens with one attached hydrogen (secondary N) is 1. The number of thioether (sulfide) groups is 1. The van der Waals surface area contributed by atoms with Gasteiger partial charge in [-0.1, -0.05) is 42.5 Å². The van der Waals surface area contributed by atoms with E-state index in [1.165, 1.54) is 18.3 Å². The Morgan fingerprint density at radius 3 is 2.56 bits per heavy atom. The second-order valence-corrected chi connectivity index (χ2v) is 10.7. The number of amides is 1. The molecule has 1 aliphatic heterocycles. The summed E-state index contributed by atoms with van der Waals surface area (Å²) in [4.78, 5) is 12.8. The summed E-state index contributed by atoms with van der Waals surface area (Å²) in [5, 5.41) is 4.01. The van der Waals surface area contributed by atoms with E-state index >= 15 is 0 Å². The number of rotatable bonds is 9. The van der Waals surface area contributed by atoms with Crippen molar-refractivity contribution < 1.29 is 17.9 Å². The monoisotopic (exact) mass is 495 g/mol. The average molecular weight is 496 g/mol. The summed E-state index contributed by atoms with van der Waals surface area (Å²) in [6.07, 6.45) is 1.74. The first-order valence-corrected chi connectivity index (χ1v) is 13.3. The minimum atomic E-state index is -3.96. The zero-order valence-corrected chi connectivity index (χ0v) is 20.3. The Balaban J connectivity index is 1.47. The lowest BCUT2D eigenvalue weighted by molar-refractivity contribution is -0.119. The van der Waals surface area contributed by atoms with Crippen molar-refractivity contribution >= 4 is 39.6 Å². The number of hydrogen-bond acceptors (Lipinski definition) is 6. The van der Waals surface area contributed by atoms with E-state index < -0.39 is 22.5 Å². The fourth-order valence-corrected chi connectivity index (χ4v) is 5.30. The third kappa shape index (κ3) is 5.98. The maximum absolute atomic E-state index is 13.3. The zero-order valence-electron chi connectivity index (χ0n) is 18.6. The van der Waals surface area contributed by atoms with E-state index in [2.05, 4.69) is 10.5 Å². The average Bonchev–Trinajstić information content (AvgIpc) is 2.81. The summed E-state index contributed by atoms with van der Waals surface area (Å²) in [6, 6.07) is 22.5.